The molecule has 1 aliphatic rings. The third-order valence-corrected chi connectivity index (χ3v) is 4.36. The number of nitrogens with one attached hydrogen (secondary N) is 1. The van der Waals surface area contributed by atoms with Crippen molar-refractivity contribution in [3.63, 3.8) is 0 Å². The molecule has 0 aliphatic heterocycles. The van der Waals surface area contributed by atoms with E-state index in [9.17, 15) is 0 Å². The molecule has 1 N–H and O–H groups in total. The second kappa shape index (κ2) is 6.33. The van der Waals surface area contributed by atoms with Gasteiger partial charge in [0.1, 0.15) is 18.1 Å². The van der Waals surface area contributed by atoms with Crippen molar-refractivity contribution in [3.05, 3.63) is 50.8 Å². The van der Waals surface area contributed by atoms with Gasteiger partial charge in [-0.15, -0.1) is 0 Å². The molecule has 2 aromatic rings. The van der Waals surface area contributed by atoms with Crippen LogP contribution in [0.5, 0.6) is 5.75 Å². The first-order chi connectivity index (χ1) is 9.72. The van der Waals surface area contributed by atoms with Gasteiger partial charge in [-0.2, -0.15) is 0 Å². The first-order valence-corrected chi connectivity index (χ1v) is 8.17. The van der Waals surface area contributed by atoms with Crippen molar-refractivity contribution in [2.24, 2.45) is 0 Å². The summed E-state index contributed by atoms with van der Waals surface area (Å²) in [5.74, 6) is 1.69. The van der Waals surface area contributed by atoms with Gasteiger partial charge in [0.15, 0.2) is 0 Å². The van der Waals surface area contributed by atoms with Crippen LogP contribution >= 0.6 is 31.9 Å². The fourth-order valence-electron chi connectivity index (χ4n) is 1.93. The van der Waals surface area contributed by atoms with Crippen LogP contribution in [0.3, 0.4) is 0 Å². The second-order valence-corrected chi connectivity index (χ2v) is 6.66. The zero-order valence-corrected chi connectivity index (χ0v) is 14.0. The van der Waals surface area contributed by atoms with E-state index >= 15 is 0 Å². The maximum atomic E-state index is 5.81. The van der Waals surface area contributed by atoms with Crippen molar-refractivity contribution in [2.75, 3.05) is 0 Å². The molecule has 3 nitrogen and oxygen atoms in total. The lowest BCUT2D eigenvalue weighted by Crippen LogP contribution is -2.16. The average molecular weight is 401 g/mol. The second-order valence-electron chi connectivity index (χ2n) is 4.89. The van der Waals surface area contributed by atoms with E-state index < -0.39 is 0 Å². The van der Waals surface area contributed by atoms with Crippen molar-refractivity contribution in [1.82, 2.24) is 5.32 Å². The fraction of sp³-hybridized carbons (Fsp3) is 0.333. The van der Waals surface area contributed by atoms with Gasteiger partial charge in [0, 0.05) is 22.6 Å². The highest BCUT2D eigenvalue weighted by Gasteiger charge is 2.21. The summed E-state index contributed by atoms with van der Waals surface area (Å²) in [5, 5.41) is 3.49. The Balaban J connectivity index is 1.61. The Kier molecular flexibility index (Phi) is 4.48. The van der Waals surface area contributed by atoms with Crippen LogP contribution in [0.15, 0.2) is 43.9 Å². The van der Waals surface area contributed by atoms with Gasteiger partial charge >= 0.3 is 0 Å². The summed E-state index contributed by atoms with van der Waals surface area (Å²) in [5.41, 5.74) is 1.17. The molecule has 1 saturated carbocycles. The topological polar surface area (TPSA) is 34.4 Å². The number of ether oxygens (including phenoxy) is 1. The number of hydrogen-bond donors (Lipinski definition) is 1. The molecule has 1 aromatic carbocycles. The molecule has 20 heavy (non-hydrogen) atoms. The van der Waals surface area contributed by atoms with Crippen molar-refractivity contribution in [3.8, 4) is 5.75 Å². The van der Waals surface area contributed by atoms with Crippen molar-refractivity contribution in [1.29, 1.82) is 0 Å². The Hall–Kier alpha value is -0.780. The van der Waals surface area contributed by atoms with Crippen LogP contribution in [0.4, 0.5) is 0 Å². The molecule has 0 radical (unpaired) electrons. The van der Waals surface area contributed by atoms with E-state index in [0.717, 1.165) is 27.0 Å². The quantitative estimate of drug-likeness (QED) is 0.767. The minimum absolute atomic E-state index is 0.439. The van der Waals surface area contributed by atoms with Crippen LogP contribution in [0.2, 0.25) is 0 Å². The molecule has 0 unspecified atom stereocenters. The largest absolute Gasteiger partial charge is 0.484 e. The van der Waals surface area contributed by atoms with Crippen molar-refractivity contribution in [2.45, 2.75) is 32.0 Å². The van der Waals surface area contributed by atoms with Crippen LogP contribution < -0.4 is 10.1 Å². The van der Waals surface area contributed by atoms with Crippen LogP contribution in [0.1, 0.15) is 24.2 Å². The summed E-state index contributed by atoms with van der Waals surface area (Å²) in [4.78, 5) is 0. The van der Waals surface area contributed by atoms with Gasteiger partial charge in [-0.3, -0.25) is 0 Å². The maximum Gasteiger partial charge on any atom is 0.146 e. The van der Waals surface area contributed by atoms with Gasteiger partial charge in [0.25, 0.3) is 0 Å². The minimum atomic E-state index is 0.439. The van der Waals surface area contributed by atoms with Gasteiger partial charge in [0.05, 0.1) is 10.7 Å². The van der Waals surface area contributed by atoms with Crippen LogP contribution in [0.25, 0.3) is 0 Å². The summed E-state index contributed by atoms with van der Waals surface area (Å²) in [6.07, 6.45) is 4.30. The van der Waals surface area contributed by atoms with Gasteiger partial charge in [-0.1, -0.05) is 15.9 Å². The van der Waals surface area contributed by atoms with E-state index in [1.165, 1.54) is 18.4 Å². The minimum Gasteiger partial charge on any atom is -0.484 e. The molecule has 1 heterocycles. The van der Waals surface area contributed by atoms with E-state index in [2.05, 4.69) is 37.2 Å². The lowest BCUT2D eigenvalue weighted by molar-refractivity contribution is 0.266. The van der Waals surface area contributed by atoms with E-state index in [1.807, 2.05) is 24.3 Å². The SMILES string of the molecule is Brc1ccc(OCc2occc2CNC2CC2)c(Br)c1. The molecule has 5 heteroatoms. The molecule has 0 atom stereocenters. The van der Waals surface area contributed by atoms with Gasteiger partial charge in [-0.05, 0) is 53.0 Å². The molecule has 1 fully saturated rings. The summed E-state index contributed by atoms with van der Waals surface area (Å²) in [7, 11) is 0. The number of furan rings is 1. The molecular weight excluding hydrogens is 386 g/mol. The standard InChI is InChI=1S/C15H15Br2NO2/c16-11-1-4-14(13(17)7-11)20-9-15-10(5-6-19-15)8-18-12-2-3-12/h1,4-7,12,18H,2-3,8-9H2. The van der Waals surface area contributed by atoms with Crippen LogP contribution in [-0.4, -0.2) is 6.04 Å². The summed E-state index contributed by atoms with van der Waals surface area (Å²) in [6.45, 7) is 1.29. The summed E-state index contributed by atoms with van der Waals surface area (Å²) < 4.78 is 13.3. The highest BCUT2D eigenvalue weighted by Crippen LogP contribution is 2.29. The lowest BCUT2D eigenvalue weighted by atomic mass is 10.2. The van der Waals surface area contributed by atoms with Crippen LogP contribution in [0, 0.1) is 0 Å². The van der Waals surface area contributed by atoms with Crippen molar-refractivity contribution >= 4 is 31.9 Å². The van der Waals surface area contributed by atoms with Gasteiger partial charge < -0.3 is 14.5 Å². The number of benzene rings is 1. The predicted octanol–water partition coefficient (Wildman–Crippen LogP) is 4.64. The lowest BCUT2D eigenvalue weighted by Gasteiger charge is -2.09. The highest BCUT2D eigenvalue weighted by molar-refractivity contribution is 9.11. The molecule has 106 valence electrons. The molecule has 0 amide bonds. The third-order valence-electron chi connectivity index (χ3n) is 3.25. The Morgan fingerprint density at radius 3 is 2.85 bits per heavy atom. The Morgan fingerprint density at radius 1 is 1.25 bits per heavy atom. The van der Waals surface area contributed by atoms with E-state index in [0.29, 0.717) is 12.6 Å². The Labute approximate surface area is 135 Å². The molecule has 0 bridgehead atoms. The normalized spacial score (nSPS) is 14.5. The van der Waals surface area contributed by atoms with Gasteiger partial charge in [-0.25, -0.2) is 0 Å². The number of hydrogen-bond acceptors (Lipinski definition) is 3. The first-order valence-electron chi connectivity index (χ1n) is 6.59. The van der Waals surface area contributed by atoms with Crippen molar-refractivity contribution < 1.29 is 9.15 Å². The smallest absolute Gasteiger partial charge is 0.146 e. The number of halogens is 2. The summed E-state index contributed by atoms with van der Waals surface area (Å²) in [6, 6.07) is 8.55. The van der Waals surface area contributed by atoms with E-state index in [4.69, 9.17) is 9.15 Å². The molecule has 1 aliphatic carbocycles. The molecule has 1 aromatic heterocycles. The van der Waals surface area contributed by atoms with Crippen LogP contribution in [-0.2, 0) is 13.2 Å². The molecular formula is C15H15Br2NO2. The first kappa shape index (κ1) is 14.2. The van der Waals surface area contributed by atoms with E-state index in [-0.39, 0.29) is 0 Å². The predicted molar refractivity (Wildman–Crippen MR) is 84.7 cm³/mol. The monoisotopic (exact) mass is 399 g/mol. The number of rotatable bonds is 6. The summed E-state index contributed by atoms with van der Waals surface area (Å²) >= 11 is 6.92. The third kappa shape index (κ3) is 3.65. The van der Waals surface area contributed by atoms with Gasteiger partial charge in [0.2, 0.25) is 0 Å². The Bertz CT molecular complexity index is 593. The molecule has 0 spiro atoms. The molecule has 3 rings (SSSR count). The van der Waals surface area contributed by atoms with E-state index in [1.54, 1.807) is 6.26 Å². The maximum absolute atomic E-state index is 5.81. The Morgan fingerprint density at radius 2 is 2.10 bits per heavy atom. The average Bonchev–Trinajstić information content (AvgIpc) is 3.14. The fourth-order valence-corrected chi connectivity index (χ4v) is 3.09. The zero-order chi connectivity index (χ0) is 13.9. The molecule has 0 saturated heterocycles. The highest BCUT2D eigenvalue weighted by atomic mass is 79.9. The zero-order valence-electron chi connectivity index (χ0n) is 10.9.